The molecule has 0 atom stereocenters. The van der Waals surface area contributed by atoms with Gasteiger partial charge in [-0.1, -0.05) is 24.6 Å². The molecule has 0 aliphatic carbocycles. The first-order valence-electron chi connectivity index (χ1n) is 4.96. The molecule has 0 aliphatic heterocycles. The van der Waals surface area contributed by atoms with Crippen molar-refractivity contribution in [3.8, 4) is 0 Å². The number of hydrogen-bond acceptors (Lipinski definition) is 2. The number of halogens is 2. The molecule has 0 heterocycles. The molecule has 1 N–H and O–H groups in total. The largest absolute Gasteiger partial charge is 0.375 e. The molecule has 0 saturated carbocycles. The number of rotatable bonds is 6. The van der Waals surface area contributed by atoms with Gasteiger partial charge in [-0.2, -0.15) is 0 Å². The van der Waals surface area contributed by atoms with Gasteiger partial charge in [0.1, 0.15) is 5.82 Å². The van der Waals surface area contributed by atoms with Crippen molar-refractivity contribution in [1.82, 2.24) is 5.32 Å². The molecule has 84 valence electrons. The van der Waals surface area contributed by atoms with Gasteiger partial charge in [0.25, 0.3) is 0 Å². The first-order valence-corrected chi connectivity index (χ1v) is 5.34. The van der Waals surface area contributed by atoms with Crippen molar-refractivity contribution in [1.29, 1.82) is 0 Å². The third-order valence-corrected chi connectivity index (χ3v) is 2.22. The molecule has 0 bridgehead atoms. The van der Waals surface area contributed by atoms with Crippen molar-refractivity contribution in [2.75, 3.05) is 19.7 Å². The fraction of sp³-hybridized carbons (Fsp3) is 0.455. The molecule has 0 amide bonds. The number of hydrogen-bond donors (Lipinski definition) is 1. The average molecular weight is 232 g/mol. The average Bonchev–Trinajstić information content (AvgIpc) is 2.23. The Morgan fingerprint density at radius 3 is 2.93 bits per heavy atom. The summed E-state index contributed by atoms with van der Waals surface area (Å²) in [6.45, 7) is 4.91. The van der Waals surface area contributed by atoms with Crippen LogP contribution in [0.3, 0.4) is 0 Å². The maximum atomic E-state index is 12.8. The second kappa shape index (κ2) is 6.77. The minimum atomic E-state index is -0.395. The van der Waals surface area contributed by atoms with E-state index >= 15 is 0 Å². The summed E-state index contributed by atoms with van der Waals surface area (Å²) in [6.07, 6.45) is 0. The van der Waals surface area contributed by atoms with Crippen LogP contribution in [0.1, 0.15) is 12.5 Å². The lowest BCUT2D eigenvalue weighted by atomic mass is 10.2. The van der Waals surface area contributed by atoms with Crippen molar-refractivity contribution >= 4 is 11.6 Å². The fourth-order valence-corrected chi connectivity index (χ4v) is 1.34. The number of benzene rings is 1. The van der Waals surface area contributed by atoms with Crippen LogP contribution in [0.25, 0.3) is 0 Å². The Hall–Kier alpha value is -0.640. The molecular formula is C11H15ClFNO. The highest BCUT2D eigenvalue weighted by molar-refractivity contribution is 6.30. The van der Waals surface area contributed by atoms with E-state index in [0.29, 0.717) is 13.2 Å². The van der Waals surface area contributed by atoms with Crippen molar-refractivity contribution in [2.24, 2.45) is 0 Å². The Kier molecular flexibility index (Phi) is 5.61. The highest BCUT2D eigenvalue weighted by atomic mass is 35.5. The van der Waals surface area contributed by atoms with E-state index in [1.165, 1.54) is 6.07 Å². The van der Waals surface area contributed by atoms with Gasteiger partial charge in [-0.25, -0.2) is 4.39 Å². The van der Waals surface area contributed by atoms with E-state index in [1.54, 1.807) is 12.1 Å². The molecule has 0 fully saturated rings. The molecule has 0 radical (unpaired) electrons. The summed E-state index contributed by atoms with van der Waals surface area (Å²) in [5, 5.41) is 3.29. The van der Waals surface area contributed by atoms with E-state index in [0.717, 1.165) is 18.7 Å². The zero-order valence-electron chi connectivity index (χ0n) is 8.72. The minimum Gasteiger partial charge on any atom is -0.375 e. The number of ether oxygens (including phenoxy) is 1. The van der Waals surface area contributed by atoms with Crippen molar-refractivity contribution in [3.05, 3.63) is 34.6 Å². The van der Waals surface area contributed by atoms with Gasteiger partial charge in [0.2, 0.25) is 0 Å². The standard InChI is InChI=1S/C11H15ClFNO/c1-2-14-5-6-15-8-9-3-4-11(13)10(12)7-9/h3-4,7,14H,2,5-6,8H2,1H3. The highest BCUT2D eigenvalue weighted by Crippen LogP contribution is 2.16. The van der Waals surface area contributed by atoms with Crippen LogP contribution in [0.2, 0.25) is 5.02 Å². The number of nitrogens with one attached hydrogen (secondary N) is 1. The normalized spacial score (nSPS) is 10.6. The lowest BCUT2D eigenvalue weighted by Gasteiger charge is -2.05. The monoisotopic (exact) mass is 231 g/mol. The predicted octanol–water partition coefficient (Wildman–Crippen LogP) is 2.61. The summed E-state index contributed by atoms with van der Waals surface area (Å²) in [7, 11) is 0. The van der Waals surface area contributed by atoms with Crippen LogP contribution < -0.4 is 5.32 Å². The van der Waals surface area contributed by atoms with Gasteiger partial charge < -0.3 is 10.1 Å². The molecule has 0 saturated heterocycles. The topological polar surface area (TPSA) is 21.3 Å². The van der Waals surface area contributed by atoms with Gasteiger partial charge in [-0.3, -0.25) is 0 Å². The van der Waals surface area contributed by atoms with Gasteiger partial charge in [-0.05, 0) is 24.2 Å². The van der Waals surface area contributed by atoms with E-state index in [4.69, 9.17) is 16.3 Å². The molecule has 2 nitrogen and oxygen atoms in total. The molecule has 0 unspecified atom stereocenters. The van der Waals surface area contributed by atoms with E-state index in [9.17, 15) is 4.39 Å². The summed E-state index contributed by atoms with van der Waals surface area (Å²) >= 11 is 5.63. The predicted molar refractivity (Wildman–Crippen MR) is 59.6 cm³/mol. The van der Waals surface area contributed by atoms with Gasteiger partial charge in [0, 0.05) is 6.54 Å². The van der Waals surface area contributed by atoms with Gasteiger partial charge in [0.15, 0.2) is 0 Å². The summed E-state index contributed by atoms with van der Waals surface area (Å²) in [4.78, 5) is 0. The van der Waals surface area contributed by atoms with Crippen LogP contribution in [-0.4, -0.2) is 19.7 Å². The third-order valence-electron chi connectivity index (χ3n) is 1.93. The lowest BCUT2D eigenvalue weighted by Crippen LogP contribution is -2.18. The molecule has 4 heteroatoms. The Balaban J connectivity index is 2.28. The molecule has 1 aromatic carbocycles. The Labute approximate surface area is 94.4 Å². The molecule has 0 aromatic heterocycles. The third kappa shape index (κ3) is 4.60. The van der Waals surface area contributed by atoms with Crippen LogP contribution in [0.15, 0.2) is 18.2 Å². The SMILES string of the molecule is CCNCCOCc1ccc(F)c(Cl)c1. The van der Waals surface area contributed by atoms with E-state index in [-0.39, 0.29) is 5.02 Å². The summed E-state index contributed by atoms with van der Waals surface area (Å²) in [6, 6.07) is 4.62. The van der Waals surface area contributed by atoms with E-state index in [2.05, 4.69) is 5.32 Å². The van der Waals surface area contributed by atoms with Crippen LogP contribution in [0.5, 0.6) is 0 Å². The number of likely N-dealkylation sites (N-methyl/N-ethyl adjacent to an activating group) is 1. The second-order valence-electron chi connectivity index (χ2n) is 3.15. The van der Waals surface area contributed by atoms with Crippen LogP contribution in [0, 0.1) is 5.82 Å². The zero-order valence-corrected chi connectivity index (χ0v) is 9.48. The molecule has 1 aromatic rings. The molecule has 1 rings (SSSR count). The van der Waals surface area contributed by atoms with Gasteiger partial charge in [0.05, 0.1) is 18.2 Å². The fourth-order valence-electron chi connectivity index (χ4n) is 1.14. The Bertz CT molecular complexity index is 307. The van der Waals surface area contributed by atoms with Gasteiger partial charge >= 0.3 is 0 Å². The van der Waals surface area contributed by atoms with Crippen LogP contribution in [-0.2, 0) is 11.3 Å². The van der Waals surface area contributed by atoms with Crippen LogP contribution in [0.4, 0.5) is 4.39 Å². The molecule has 0 aliphatic rings. The van der Waals surface area contributed by atoms with E-state index < -0.39 is 5.82 Å². The first-order chi connectivity index (χ1) is 7.24. The van der Waals surface area contributed by atoms with E-state index in [1.807, 2.05) is 6.92 Å². The summed E-state index contributed by atoms with van der Waals surface area (Å²) in [5.41, 5.74) is 0.887. The smallest absolute Gasteiger partial charge is 0.141 e. The molecule has 0 spiro atoms. The summed E-state index contributed by atoms with van der Waals surface area (Å²) < 4.78 is 18.2. The molecular weight excluding hydrogens is 217 g/mol. The van der Waals surface area contributed by atoms with Crippen molar-refractivity contribution < 1.29 is 9.13 Å². The Morgan fingerprint density at radius 1 is 1.47 bits per heavy atom. The first kappa shape index (κ1) is 12.4. The zero-order chi connectivity index (χ0) is 11.1. The minimum absolute atomic E-state index is 0.141. The maximum Gasteiger partial charge on any atom is 0.141 e. The van der Waals surface area contributed by atoms with Gasteiger partial charge in [-0.15, -0.1) is 0 Å². The van der Waals surface area contributed by atoms with Crippen LogP contribution >= 0.6 is 11.6 Å². The lowest BCUT2D eigenvalue weighted by molar-refractivity contribution is 0.123. The highest BCUT2D eigenvalue weighted by Gasteiger charge is 2.00. The quantitative estimate of drug-likeness (QED) is 0.760. The maximum absolute atomic E-state index is 12.8. The molecule has 15 heavy (non-hydrogen) atoms. The van der Waals surface area contributed by atoms with Crippen molar-refractivity contribution in [2.45, 2.75) is 13.5 Å². The summed E-state index contributed by atoms with van der Waals surface area (Å²) in [5.74, 6) is -0.395. The second-order valence-corrected chi connectivity index (χ2v) is 3.56. The van der Waals surface area contributed by atoms with Crippen molar-refractivity contribution in [3.63, 3.8) is 0 Å². The Morgan fingerprint density at radius 2 is 2.27 bits per heavy atom.